The Morgan fingerprint density at radius 2 is 2.21 bits per heavy atom. The highest BCUT2D eigenvalue weighted by Crippen LogP contribution is 2.23. The van der Waals surface area contributed by atoms with Gasteiger partial charge in [-0.05, 0) is 6.92 Å². The molecular weight excluding hydrogens is 246 g/mol. The summed E-state index contributed by atoms with van der Waals surface area (Å²) in [6.07, 6.45) is 0. The van der Waals surface area contributed by atoms with Crippen molar-refractivity contribution in [1.82, 2.24) is 20.2 Å². The molecule has 1 aromatic rings. The van der Waals surface area contributed by atoms with Crippen molar-refractivity contribution in [3.8, 4) is 5.88 Å². The number of ether oxygens (including phenoxy) is 1. The number of aromatic nitrogens is 2. The first-order valence-electron chi connectivity index (χ1n) is 6.36. The molecule has 0 saturated carbocycles. The molecule has 0 aliphatic carbocycles. The molecule has 0 aromatic carbocycles. The monoisotopic (exact) mass is 263 g/mol. The van der Waals surface area contributed by atoms with Crippen LogP contribution in [0.4, 0.5) is 10.7 Å². The third kappa shape index (κ3) is 2.16. The lowest BCUT2D eigenvalue weighted by Gasteiger charge is -2.43. The maximum atomic E-state index is 11.6. The molecule has 1 N–H and O–H groups in total. The maximum absolute atomic E-state index is 11.6. The van der Waals surface area contributed by atoms with E-state index in [0.717, 1.165) is 31.9 Å². The largest absolute Gasteiger partial charge is 0.481 e. The third-order valence-electron chi connectivity index (χ3n) is 3.50. The zero-order valence-corrected chi connectivity index (χ0v) is 11.1. The summed E-state index contributed by atoms with van der Waals surface area (Å²) in [6.45, 7) is 5.00. The van der Waals surface area contributed by atoms with Gasteiger partial charge in [-0.2, -0.15) is 4.98 Å². The second-order valence-electron chi connectivity index (χ2n) is 4.84. The van der Waals surface area contributed by atoms with Crippen LogP contribution in [0.15, 0.2) is 6.07 Å². The van der Waals surface area contributed by atoms with E-state index in [9.17, 15) is 4.79 Å². The van der Waals surface area contributed by atoms with Gasteiger partial charge in [0, 0.05) is 37.9 Å². The average molecular weight is 263 g/mol. The Labute approximate surface area is 111 Å². The van der Waals surface area contributed by atoms with Crippen molar-refractivity contribution in [2.24, 2.45) is 0 Å². The SMILES string of the molecule is COc1cc(C)nc(N2CC(N3CCNC3=O)C2)n1. The van der Waals surface area contributed by atoms with Crippen LogP contribution in [0, 0.1) is 6.92 Å². The van der Waals surface area contributed by atoms with Gasteiger partial charge in [0.2, 0.25) is 11.8 Å². The minimum Gasteiger partial charge on any atom is -0.481 e. The normalized spacial score (nSPS) is 19.4. The van der Waals surface area contributed by atoms with Gasteiger partial charge in [0.25, 0.3) is 0 Å². The quantitative estimate of drug-likeness (QED) is 0.831. The summed E-state index contributed by atoms with van der Waals surface area (Å²) >= 11 is 0. The van der Waals surface area contributed by atoms with Crippen molar-refractivity contribution >= 4 is 12.0 Å². The number of rotatable bonds is 3. The Balaban J connectivity index is 1.67. The summed E-state index contributed by atoms with van der Waals surface area (Å²) < 4.78 is 5.15. The zero-order valence-electron chi connectivity index (χ0n) is 11.1. The molecule has 2 amide bonds. The van der Waals surface area contributed by atoms with E-state index in [1.54, 1.807) is 13.2 Å². The fourth-order valence-corrected chi connectivity index (χ4v) is 2.42. The Morgan fingerprint density at radius 3 is 2.84 bits per heavy atom. The van der Waals surface area contributed by atoms with Gasteiger partial charge in [0.1, 0.15) is 0 Å². The molecule has 0 unspecified atom stereocenters. The summed E-state index contributed by atoms with van der Waals surface area (Å²) in [5.74, 6) is 1.25. The van der Waals surface area contributed by atoms with E-state index in [-0.39, 0.29) is 12.1 Å². The second-order valence-corrected chi connectivity index (χ2v) is 4.84. The van der Waals surface area contributed by atoms with Crippen LogP contribution in [0.1, 0.15) is 5.69 Å². The van der Waals surface area contributed by atoms with E-state index < -0.39 is 0 Å². The predicted molar refractivity (Wildman–Crippen MR) is 69.4 cm³/mol. The van der Waals surface area contributed by atoms with E-state index in [2.05, 4.69) is 20.2 Å². The van der Waals surface area contributed by atoms with Gasteiger partial charge in [-0.25, -0.2) is 9.78 Å². The first-order chi connectivity index (χ1) is 9.17. The molecule has 7 heteroatoms. The summed E-state index contributed by atoms with van der Waals surface area (Å²) in [7, 11) is 1.60. The van der Waals surface area contributed by atoms with E-state index in [0.29, 0.717) is 11.8 Å². The maximum Gasteiger partial charge on any atom is 0.317 e. The smallest absolute Gasteiger partial charge is 0.317 e. The molecule has 0 atom stereocenters. The van der Waals surface area contributed by atoms with E-state index in [4.69, 9.17) is 4.74 Å². The summed E-state index contributed by atoms with van der Waals surface area (Å²) in [5, 5.41) is 2.82. The minimum atomic E-state index is 0.0346. The molecule has 0 spiro atoms. The van der Waals surface area contributed by atoms with E-state index >= 15 is 0 Å². The van der Waals surface area contributed by atoms with Crippen LogP contribution < -0.4 is 15.0 Å². The highest BCUT2D eigenvalue weighted by Gasteiger charge is 2.37. The minimum absolute atomic E-state index is 0.0346. The Morgan fingerprint density at radius 1 is 1.42 bits per heavy atom. The van der Waals surface area contributed by atoms with Crippen LogP contribution in [0.5, 0.6) is 5.88 Å². The lowest BCUT2D eigenvalue weighted by Crippen LogP contribution is -2.60. The molecule has 7 nitrogen and oxygen atoms in total. The Bertz CT molecular complexity index is 501. The number of methoxy groups -OCH3 is 1. The highest BCUT2D eigenvalue weighted by atomic mass is 16.5. The lowest BCUT2D eigenvalue weighted by molar-refractivity contribution is 0.184. The molecule has 3 rings (SSSR count). The molecule has 2 saturated heterocycles. The van der Waals surface area contributed by atoms with E-state index in [1.807, 2.05) is 11.8 Å². The number of hydrogen-bond donors (Lipinski definition) is 1. The fraction of sp³-hybridized carbons (Fsp3) is 0.583. The van der Waals surface area contributed by atoms with Crippen LogP contribution in [-0.4, -0.2) is 60.2 Å². The van der Waals surface area contributed by atoms with Gasteiger partial charge in [-0.3, -0.25) is 0 Å². The van der Waals surface area contributed by atoms with Gasteiger partial charge < -0.3 is 19.9 Å². The van der Waals surface area contributed by atoms with Crippen LogP contribution >= 0.6 is 0 Å². The first-order valence-corrected chi connectivity index (χ1v) is 6.36. The second kappa shape index (κ2) is 4.56. The van der Waals surface area contributed by atoms with Crippen molar-refractivity contribution < 1.29 is 9.53 Å². The van der Waals surface area contributed by atoms with Crippen LogP contribution in [0.3, 0.4) is 0 Å². The van der Waals surface area contributed by atoms with Crippen molar-refractivity contribution in [2.75, 3.05) is 38.2 Å². The van der Waals surface area contributed by atoms with Crippen LogP contribution in [-0.2, 0) is 0 Å². The molecule has 2 aliphatic rings. The number of anilines is 1. The molecule has 1 aromatic heterocycles. The summed E-state index contributed by atoms with van der Waals surface area (Å²) in [5.41, 5.74) is 0.879. The number of nitrogens with zero attached hydrogens (tertiary/aromatic N) is 4. The van der Waals surface area contributed by atoms with Crippen molar-refractivity contribution in [2.45, 2.75) is 13.0 Å². The molecule has 3 heterocycles. The number of aryl methyl sites for hydroxylation is 1. The van der Waals surface area contributed by atoms with Crippen molar-refractivity contribution in [3.05, 3.63) is 11.8 Å². The lowest BCUT2D eigenvalue weighted by atomic mass is 10.1. The van der Waals surface area contributed by atoms with Gasteiger partial charge in [0.05, 0.1) is 13.2 Å². The number of carbonyl (C=O) groups excluding carboxylic acids is 1. The molecule has 102 valence electrons. The number of nitrogens with one attached hydrogen (secondary N) is 1. The van der Waals surface area contributed by atoms with E-state index in [1.165, 1.54) is 0 Å². The molecule has 0 radical (unpaired) electrons. The van der Waals surface area contributed by atoms with Gasteiger partial charge in [0.15, 0.2) is 0 Å². The molecular formula is C12H17N5O2. The number of hydrogen-bond acceptors (Lipinski definition) is 5. The van der Waals surface area contributed by atoms with Crippen LogP contribution in [0.25, 0.3) is 0 Å². The van der Waals surface area contributed by atoms with Crippen molar-refractivity contribution in [3.63, 3.8) is 0 Å². The fourth-order valence-electron chi connectivity index (χ4n) is 2.42. The van der Waals surface area contributed by atoms with Crippen LogP contribution in [0.2, 0.25) is 0 Å². The molecule has 2 fully saturated rings. The third-order valence-corrected chi connectivity index (χ3v) is 3.50. The molecule has 2 aliphatic heterocycles. The Hall–Kier alpha value is -2.05. The Kier molecular flexibility index (Phi) is 2.88. The predicted octanol–water partition coefficient (Wildman–Crippen LogP) is 0.00742. The van der Waals surface area contributed by atoms with Crippen molar-refractivity contribution in [1.29, 1.82) is 0 Å². The number of urea groups is 1. The van der Waals surface area contributed by atoms with Gasteiger partial charge >= 0.3 is 6.03 Å². The molecule has 0 bridgehead atoms. The molecule has 19 heavy (non-hydrogen) atoms. The summed E-state index contributed by atoms with van der Waals surface area (Å²) in [4.78, 5) is 24.2. The topological polar surface area (TPSA) is 70.6 Å². The number of carbonyl (C=O) groups is 1. The number of amides is 2. The van der Waals surface area contributed by atoms with Gasteiger partial charge in [-0.15, -0.1) is 0 Å². The average Bonchev–Trinajstić information content (AvgIpc) is 2.73. The van der Waals surface area contributed by atoms with Gasteiger partial charge in [-0.1, -0.05) is 0 Å². The summed E-state index contributed by atoms with van der Waals surface area (Å²) in [6, 6.07) is 2.10. The zero-order chi connectivity index (χ0) is 13.4. The highest BCUT2D eigenvalue weighted by molar-refractivity contribution is 5.77. The standard InChI is InChI=1S/C12H17N5O2/c1-8-5-10(19-2)15-11(14-8)16-6-9(7-16)17-4-3-13-12(17)18/h5,9H,3-4,6-7H2,1-2H3,(H,13,18). The first kappa shape index (κ1) is 12.0.